The number of allylic oxidation sites excluding steroid dienone is 1. The molecular weight excluding hydrogens is 407 g/mol. The fourth-order valence-corrected chi connectivity index (χ4v) is 4.81. The van der Waals surface area contributed by atoms with E-state index in [4.69, 9.17) is 0 Å². The molecule has 3 rings (SSSR count). The summed E-state index contributed by atoms with van der Waals surface area (Å²) < 4.78 is 51.3. The van der Waals surface area contributed by atoms with Gasteiger partial charge in [-0.2, -0.15) is 13.2 Å². The van der Waals surface area contributed by atoms with Crippen LogP contribution in [0.25, 0.3) is 0 Å². The van der Waals surface area contributed by atoms with Crippen LogP contribution in [0.5, 0.6) is 0 Å². The van der Waals surface area contributed by atoms with Crippen LogP contribution in [0, 0.1) is 5.92 Å². The van der Waals surface area contributed by atoms with Crippen LogP contribution in [-0.2, 0) is 15.6 Å². The Bertz CT molecular complexity index is 742. The molecule has 0 aromatic carbocycles. The standard InChI is InChI=1S/C18H26F3N5O2S/c1-2-9-17(11-12-6-4-3-5-7-12,23-14(27)13-8-10-22-13)24-16-26-25-15(29(16)28)18(19,20)21/h2,9,12-13,22H,3-8,10-11H2,1H3,(H,23,27)(H,24,26)/t13?,17-,29?/m1/s1. The molecule has 0 spiro atoms. The van der Waals surface area contributed by atoms with E-state index in [-0.39, 0.29) is 17.9 Å². The van der Waals surface area contributed by atoms with Crippen LogP contribution in [0.1, 0.15) is 51.9 Å². The van der Waals surface area contributed by atoms with E-state index in [1.807, 2.05) is 0 Å². The van der Waals surface area contributed by atoms with Gasteiger partial charge in [-0.1, -0.05) is 38.2 Å². The van der Waals surface area contributed by atoms with Gasteiger partial charge >= 0.3 is 6.18 Å². The van der Waals surface area contributed by atoms with Crippen molar-refractivity contribution in [1.82, 2.24) is 16.0 Å². The lowest BCUT2D eigenvalue weighted by Crippen LogP contribution is -2.65. The van der Waals surface area contributed by atoms with Gasteiger partial charge in [0, 0.05) is 0 Å². The van der Waals surface area contributed by atoms with Crippen LogP contribution < -0.4 is 16.0 Å². The number of amidine groups is 1. The van der Waals surface area contributed by atoms with Gasteiger partial charge in [-0.15, -0.1) is 10.2 Å². The Morgan fingerprint density at radius 2 is 1.93 bits per heavy atom. The van der Waals surface area contributed by atoms with Crippen LogP contribution >= 0.6 is 0 Å². The molecular formula is C18H26F3N5O2S. The third kappa shape index (κ3) is 5.25. The van der Waals surface area contributed by atoms with Crippen molar-refractivity contribution in [2.45, 2.75) is 69.8 Å². The zero-order valence-electron chi connectivity index (χ0n) is 16.2. The summed E-state index contributed by atoms with van der Waals surface area (Å²) in [6, 6.07) is -0.342. The topological polar surface area (TPSA) is 95.0 Å². The first-order chi connectivity index (χ1) is 13.7. The van der Waals surface area contributed by atoms with Crippen molar-refractivity contribution in [3.63, 3.8) is 0 Å². The van der Waals surface area contributed by atoms with Gasteiger partial charge in [-0.05, 0) is 38.3 Å². The van der Waals surface area contributed by atoms with Crippen LogP contribution in [0.2, 0.25) is 0 Å². The molecule has 162 valence electrons. The first kappa shape index (κ1) is 21.9. The van der Waals surface area contributed by atoms with Crippen molar-refractivity contribution >= 4 is 26.9 Å². The monoisotopic (exact) mass is 433 g/mol. The Kier molecular flexibility index (Phi) is 6.77. The number of hydrogen-bond donors (Lipinski definition) is 3. The van der Waals surface area contributed by atoms with E-state index in [0.29, 0.717) is 12.8 Å². The first-order valence-electron chi connectivity index (χ1n) is 9.86. The third-order valence-corrected chi connectivity index (χ3v) is 6.63. The summed E-state index contributed by atoms with van der Waals surface area (Å²) in [4.78, 5) is 12.7. The number of alkyl halides is 3. The van der Waals surface area contributed by atoms with Crippen LogP contribution in [0.4, 0.5) is 13.2 Å². The highest BCUT2D eigenvalue weighted by Crippen LogP contribution is 2.31. The van der Waals surface area contributed by atoms with Crippen LogP contribution in [0.3, 0.4) is 0 Å². The number of hydrogen-bond acceptors (Lipinski definition) is 6. The molecule has 1 saturated carbocycles. The number of halogens is 3. The summed E-state index contributed by atoms with van der Waals surface area (Å²) in [5.74, 6) is 0.0274. The zero-order valence-corrected chi connectivity index (χ0v) is 17.0. The number of nitrogens with one attached hydrogen (secondary N) is 3. The van der Waals surface area contributed by atoms with E-state index in [1.54, 1.807) is 19.1 Å². The number of carbonyl (C=O) groups is 1. The molecule has 7 nitrogen and oxygen atoms in total. The molecule has 1 aliphatic carbocycles. The lowest BCUT2D eigenvalue weighted by atomic mass is 9.82. The first-order valence-corrected chi connectivity index (χ1v) is 11.0. The molecule has 1 amide bonds. The fourth-order valence-electron chi connectivity index (χ4n) is 3.92. The molecule has 2 heterocycles. The molecule has 11 heteroatoms. The maximum absolute atomic E-state index is 13.0. The van der Waals surface area contributed by atoms with E-state index >= 15 is 0 Å². The van der Waals surface area contributed by atoms with Gasteiger partial charge in [0.25, 0.3) is 0 Å². The van der Waals surface area contributed by atoms with Crippen molar-refractivity contribution in [2.24, 2.45) is 16.1 Å². The molecule has 2 aliphatic heterocycles. The minimum Gasteiger partial charge on any atom is -0.335 e. The number of carbonyl (C=O) groups excluding carboxylic acids is 1. The van der Waals surface area contributed by atoms with Crippen molar-refractivity contribution < 1.29 is 22.2 Å². The van der Waals surface area contributed by atoms with Gasteiger partial charge in [0.05, 0.1) is 6.04 Å². The van der Waals surface area contributed by atoms with Crippen LogP contribution in [-0.4, -0.2) is 44.8 Å². The Labute approximate surface area is 170 Å². The second-order valence-corrected chi connectivity index (χ2v) is 8.98. The SMILES string of the molecule is CC=C[C@@](CC1CCCCC1)(NC(=O)C1CCN1)NC1=NN=C(C(F)(F)F)S1=O. The molecule has 1 saturated heterocycles. The fraction of sp³-hybridized carbons (Fsp3) is 0.722. The normalized spacial score (nSPS) is 27.7. The van der Waals surface area contributed by atoms with Gasteiger partial charge in [-0.3, -0.25) is 4.79 Å². The molecule has 29 heavy (non-hydrogen) atoms. The van der Waals surface area contributed by atoms with Crippen LogP contribution in [0.15, 0.2) is 22.4 Å². The van der Waals surface area contributed by atoms with Gasteiger partial charge in [0.1, 0.15) is 16.5 Å². The Morgan fingerprint density at radius 3 is 2.45 bits per heavy atom. The summed E-state index contributed by atoms with van der Waals surface area (Å²) >= 11 is 0. The molecule has 0 aromatic rings. The smallest absolute Gasteiger partial charge is 0.335 e. The van der Waals surface area contributed by atoms with E-state index in [1.165, 1.54) is 0 Å². The number of rotatable bonds is 6. The largest absolute Gasteiger partial charge is 0.444 e. The van der Waals surface area contributed by atoms with E-state index in [0.717, 1.165) is 38.6 Å². The maximum Gasteiger partial charge on any atom is 0.444 e. The molecule has 3 aliphatic rings. The van der Waals surface area contributed by atoms with Crippen molar-refractivity contribution in [2.75, 3.05) is 6.54 Å². The molecule has 3 N–H and O–H groups in total. The highest BCUT2D eigenvalue weighted by Gasteiger charge is 2.47. The van der Waals surface area contributed by atoms with Gasteiger partial charge in [0.2, 0.25) is 16.1 Å². The predicted molar refractivity (Wildman–Crippen MR) is 105 cm³/mol. The Hall–Kier alpha value is -1.75. The number of amides is 1. The third-order valence-electron chi connectivity index (χ3n) is 5.43. The molecule has 0 aromatic heterocycles. The van der Waals surface area contributed by atoms with E-state index in [2.05, 4.69) is 26.2 Å². The highest BCUT2D eigenvalue weighted by atomic mass is 32.2. The summed E-state index contributed by atoms with van der Waals surface area (Å²) in [5, 5.41) is 13.5. The Morgan fingerprint density at radius 1 is 1.24 bits per heavy atom. The summed E-state index contributed by atoms with van der Waals surface area (Å²) in [6.07, 6.45) is 4.98. The minimum absolute atomic E-state index is 0.251. The average molecular weight is 434 g/mol. The van der Waals surface area contributed by atoms with Gasteiger partial charge in [0.15, 0.2) is 0 Å². The lowest BCUT2D eigenvalue weighted by molar-refractivity contribution is -0.126. The quantitative estimate of drug-likeness (QED) is 0.443. The summed E-state index contributed by atoms with van der Waals surface area (Å²) in [7, 11) is -2.57. The van der Waals surface area contributed by atoms with Crippen molar-refractivity contribution in [1.29, 1.82) is 0 Å². The Balaban J connectivity index is 1.82. The molecule has 0 bridgehead atoms. The van der Waals surface area contributed by atoms with E-state index < -0.39 is 32.9 Å². The predicted octanol–water partition coefficient (Wildman–Crippen LogP) is 2.29. The second-order valence-electron chi connectivity index (χ2n) is 7.67. The van der Waals surface area contributed by atoms with Crippen molar-refractivity contribution in [3.05, 3.63) is 12.2 Å². The minimum atomic E-state index is -4.83. The lowest BCUT2D eigenvalue weighted by Gasteiger charge is -2.39. The molecule has 2 unspecified atom stereocenters. The van der Waals surface area contributed by atoms with Gasteiger partial charge < -0.3 is 16.0 Å². The van der Waals surface area contributed by atoms with E-state index in [9.17, 15) is 22.2 Å². The van der Waals surface area contributed by atoms with Gasteiger partial charge in [-0.25, -0.2) is 4.21 Å². The average Bonchev–Trinajstić information content (AvgIpc) is 2.95. The second kappa shape index (κ2) is 8.95. The maximum atomic E-state index is 13.0. The molecule has 2 fully saturated rings. The highest BCUT2D eigenvalue weighted by molar-refractivity contribution is 8.14. The van der Waals surface area contributed by atoms with Crippen molar-refractivity contribution in [3.8, 4) is 0 Å². The molecule has 3 atom stereocenters. The summed E-state index contributed by atoms with van der Waals surface area (Å²) in [5.41, 5.74) is -1.18. The zero-order chi connectivity index (χ0) is 21.1. The molecule has 0 radical (unpaired) electrons. The summed E-state index contributed by atoms with van der Waals surface area (Å²) in [6.45, 7) is 2.50. The number of nitrogens with zero attached hydrogens (tertiary/aromatic N) is 2.